The highest BCUT2D eigenvalue weighted by molar-refractivity contribution is 9.10. The van der Waals surface area contributed by atoms with Crippen LogP contribution in [0.2, 0.25) is 5.02 Å². The van der Waals surface area contributed by atoms with Crippen LogP contribution in [-0.4, -0.2) is 5.91 Å². The fraction of sp³-hybridized carbons (Fsp3) is 0.364. The van der Waals surface area contributed by atoms with Crippen LogP contribution in [0, 0.1) is 11.7 Å². The molecule has 1 aliphatic carbocycles. The summed E-state index contributed by atoms with van der Waals surface area (Å²) in [7, 11) is 0. The van der Waals surface area contributed by atoms with Gasteiger partial charge in [-0.2, -0.15) is 0 Å². The van der Waals surface area contributed by atoms with E-state index >= 15 is 0 Å². The molecule has 1 saturated carbocycles. The number of hydrogen-bond acceptors (Lipinski definition) is 1. The topological polar surface area (TPSA) is 29.1 Å². The summed E-state index contributed by atoms with van der Waals surface area (Å²) in [6.45, 7) is 0. The minimum absolute atomic E-state index is 0.0412. The zero-order valence-electron chi connectivity index (χ0n) is 8.40. The van der Waals surface area contributed by atoms with E-state index in [1.54, 1.807) is 0 Å². The second kappa shape index (κ2) is 4.72. The first-order valence-corrected chi connectivity index (χ1v) is 6.20. The van der Waals surface area contributed by atoms with Gasteiger partial charge in [0.05, 0.1) is 10.7 Å². The maximum absolute atomic E-state index is 13.0. The van der Waals surface area contributed by atoms with E-state index in [-0.39, 0.29) is 16.8 Å². The molecule has 16 heavy (non-hydrogen) atoms. The van der Waals surface area contributed by atoms with Gasteiger partial charge < -0.3 is 5.32 Å². The van der Waals surface area contributed by atoms with Crippen LogP contribution in [0.1, 0.15) is 19.3 Å². The fourth-order valence-corrected chi connectivity index (χ4v) is 2.46. The maximum atomic E-state index is 13.0. The van der Waals surface area contributed by atoms with Gasteiger partial charge in [-0.05, 0) is 40.9 Å². The molecule has 0 aliphatic heterocycles. The Morgan fingerprint density at radius 2 is 2.19 bits per heavy atom. The lowest BCUT2D eigenvalue weighted by Crippen LogP contribution is -2.28. The quantitative estimate of drug-likeness (QED) is 0.880. The van der Waals surface area contributed by atoms with E-state index in [1.807, 2.05) is 0 Å². The lowest BCUT2D eigenvalue weighted by atomic mass is 9.85. The van der Waals surface area contributed by atoms with E-state index in [0.717, 1.165) is 19.3 Å². The first-order chi connectivity index (χ1) is 7.58. The van der Waals surface area contributed by atoms with Gasteiger partial charge >= 0.3 is 0 Å². The molecule has 0 heterocycles. The minimum Gasteiger partial charge on any atom is -0.324 e. The first-order valence-electron chi connectivity index (χ1n) is 5.03. The fourth-order valence-electron chi connectivity index (χ4n) is 1.56. The minimum atomic E-state index is -0.432. The summed E-state index contributed by atoms with van der Waals surface area (Å²) < 4.78 is 13.4. The second-order valence-electron chi connectivity index (χ2n) is 3.86. The number of carbonyl (C=O) groups is 1. The number of hydrogen-bond donors (Lipinski definition) is 1. The molecule has 0 saturated heterocycles. The number of anilines is 1. The third-order valence-electron chi connectivity index (χ3n) is 2.73. The average Bonchev–Trinajstić information content (AvgIpc) is 2.08. The van der Waals surface area contributed by atoms with Crippen molar-refractivity contribution in [2.75, 3.05) is 5.32 Å². The third kappa shape index (κ3) is 2.38. The zero-order valence-corrected chi connectivity index (χ0v) is 10.7. The number of rotatable bonds is 2. The second-order valence-corrected chi connectivity index (χ2v) is 5.12. The summed E-state index contributed by atoms with van der Waals surface area (Å²) in [5.74, 6) is -0.396. The molecule has 0 bridgehead atoms. The molecule has 0 unspecified atom stereocenters. The predicted octanol–water partition coefficient (Wildman–Crippen LogP) is 3.98. The molecule has 0 radical (unpaired) electrons. The lowest BCUT2D eigenvalue weighted by Gasteiger charge is -2.24. The molecular formula is C11H10BrClFNO. The molecule has 0 atom stereocenters. The Kier molecular flexibility index (Phi) is 3.50. The number of halogens is 3. The molecule has 1 N–H and O–H groups in total. The standard InChI is InChI=1S/C11H10BrClFNO/c12-8-4-7(14)5-9(13)10(8)15-11(16)6-2-1-3-6/h4-6H,1-3H2,(H,15,16). The average molecular weight is 307 g/mol. The van der Waals surface area contributed by atoms with Gasteiger partial charge in [-0.15, -0.1) is 0 Å². The van der Waals surface area contributed by atoms with Crippen molar-refractivity contribution in [3.8, 4) is 0 Å². The Labute approximate surface area is 106 Å². The molecule has 1 aliphatic rings. The van der Waals surface area contributed by atoms with Crippen LogP contribution in [0.5, 0.6) is 0 Å². The van der Waals surface area contributed by atoms with E-state index < -0.39 is 5.82 Å². The highest BCUT2D eigenvalue weighted by Gasteiger charge is 2.26. The third-order valence-corrected chi connectivity index (χ3v) is 3.65. The predicted molar refractivity (Wildman–Crippen MR) is 65.1 cm³/mol. The van der Waals surface area contributed by atoms with Crippen LogP contribution in [0.15, 0.2) is 16.6 Å². The van der Waals surface area contributed by atoms with Gasteiger partial charge in [0.2, 0.25) is 5.91 Å². The molecule has 86 valence electrons. The van der Waals surface area contributed by atoms with E-state index in [1.165, 1.54) is 12.1 Å². The van der Waals surface area contributed by atoms with E-state index in [4.69, 9.17) is 11.6 Å². The molecule has 1 aromatic carbocycles. The van der Waals surface area contributed by atoms with Gasteiger partial charge in [0, 0.05) is 10.4 Å². The molecule has 1 amide bonds. The van der Waals surface area contributed by atoms with Gasteiger partial charge in [0.25, 0.3) is 0 Å². The van der Waals surface area contributed by atoms with Crippen molar-refractivity contribution in [1.82, 2.24) is 0 Å². The summed E-state index contributed by atoms with van der Waals surface area (Å²) in [5.41, 5.74) is 0.444. The first kappa shape index (κ1) is 11.9. The molecular weight excluding hydrogens is 296 g/mol. The van der Waals surface area contributed by atoms with Gasteiger partial charge in [0.15, 0.2) is 0 Å². The van der Waals surface area contributed by atoms with Gasteiger partial charge in [-0.1, -0.05) is 18.0 Å². The zero-order chi connectivity index (χ0) is 11.7. The van der Waals surface area contributed by atoms with Crippen molar-refractivity contribution in [2.24, 2.45) is 5.92 Å². The largest absolute Gasteiger partial charge is 0.324 e. The van der Waals surface area contributed by atoms with Crippen LogP contribution in [0.25, 0.3) is 0 Å². The van der Waals surface area contributed by atoms with Crippen molar-refractivity contribution in [3.63, 3.8) is 0 Å². The normalized spacial score (nSPS) is 15.7. The molecule has 0 spiro atoms. The molecule has 5 heteroatoms. The summed E-state index contributed by atoms with van der Waals surface area (Å²) in [6, 6.07) is 2.46. The van der Waals surface area contributed by atoms with Crippen molar-refractivity contribution in [3.05, 3.63) is 27.4 Å². The van der Waals surface area contributed by atoms with E-state index in [0.29, 0.717) is 10.2 Å². The Morgan fingerprint density at radius 1 is 1.50 bits per heavy atom. The van der Waals surface area contributed by atoms with Gasteiger partial charge in [-0.3, -0.25) is 4.79 Å². The Hall–Kier alpha value is -0.610. The van der Waals surface area contributed by atoms with E-state index in [2.05, 4.69) is 21.2 Å². The van der Waals surface area contributed by atoms with Gasteiger partial charge in [0.1, 0.15) is 5.82 Å². The maximum Gasteiger partial charge on any atom is 0.227 e. The monoisotopic (exact) mass is 305 g/mol. The Bertz CT molecular complexity index is 411. The summed E-state index contributed by atoms with van der Waals surface area (Å²) in [4.78, 5) is 11.7. The smallest absolute Gasteiger partial charge is 0.227 e. The highest BCUT2D eigenvalue weighted by atomic mass is 79.9. The van der Waals surface area contributed by atoms with Crippen molar-refractivity contribution in [1.29, 1.82) is 0 Å². The molecule has 1 fully saturated rings. The van der Waals surface area contributed by atoms with Crippen molar-refractivity contribution in [2.45, 2.75) is 19.3 Å². The van der Waals surface area contributed by atoms with Crippen LogP contribution < -0.4 is 5.32 Å². The van der Waals surface area contributed by atoms with Crippen LogP contribution >= 0.6 is 27.5 Å². The summed E-state index contributed by atoms with van der Waals surface area (Å²) in [5, 5.41) is 2.93. The summed E-state index contributed by atoms with van der Waals surface area (Å²) >= 11 is 9.04. The van der Waals surface area contributed by atoms with Gasteiger partial charge in [-0.25, -0.2) is 4.39 Å². The van der Waals surface area contributed by atoms with Crippen molar-refractivity contribution < 1.29 is 9.18 Å². The lowest BCUT2D eigenvalue weighted by molar-refractivity contribution is -0.122. The van der Waals surface area contributed by atoms with E-state index in [9.17, 15) is 9.18 Å². The number of carbonyl (C=O) groups excluding carboxylic acids is 1. The Morgan fingerprint density at radius 3 is 2.69 bits per heavy atom. The highest BCUT2D eigenvalue weighted by Crippen LogP contribution is 2.34. The summed E-state index contributed by atoms with van der Waals surface area (Å²) in [6.07, 6.45) is 2.93. The molecule has 2 nitrogen and oxygen atoms in total. The van der Waals surface area contributed by atoms with Crippen LogP contribution in [-0.2, 0) is 4.79 Å². The van der Waals surface area contributed by atoms with Crippen molar-refractivity contribution >= 4 is 39.1 Å². The molecule has 2 rings (SSSR count). The molecule has 1 aromatic rings. The SMILES string of the molecule is O=C(Nc1c(Cl)cc(F)cc1Br)C1CCC1. The van der Waals surface area contributed by atoms with Crippen LogP contribution in [0.3, 0.4) is 0 Å². The Balaban J connectivity index is 2.17. The number of benzene rings is 1. The number of nitrogens with one attached hydrogen (secondary N) is 1. The van der Waals surface area contributed by atoms with Crippen LogP contribution in [0.4, 0.5) is 10.1 Å². The number of amides is 1. The molecule has 0 aromatic heterocycles.